The lowest BCUT2D eigenvalue weighted by atomic mass is 10.1. The maximum atomic E-state index is 12.5. The summed E-state index contributed by atoms with van der Waals surface area (Å²) in [6.07, 6.45) is 1.50. The fraction of sp³-hybridized carbons (Fsp3) is 0.120. The van der Waals surface area contributed by atoms with E-state index in [9.17, 15) is 14.9 Å². The van der Waals surface area contributed by atoms with E-state index in [0.29, 0.717) is 38.2 Å². The Kier molecular flexibility index (Phi) is 8.39. The number of rotatable bonds is 8. The number of aliphatic imine (C=N–C) groups is 1. The van der Waals surface area contributed by atoms with Crippen molar-refractivity contribution in [3.8, 4) is 11.5 Å². The first-order valence-electron chi connectivity index (χ1n) is 10.7. The molecule has 0 aromatic heterocycles. The Labute approximate surface area is 234 Å². The van der Waals surface area contributed by atoms with E-state index < -0.39 is 10.9 Å². The number of ether oxygens (including phenoxy) is 3. The summed E-state index contributed by atoms with van der Waals surface area (Å²) in [4.78, 5) is 27.2. The van der Waals surface area contributed by atoms with Gasteiger partial charge in [-0.1, -0.05) is 40.9 Å². The van der Waals surface area contributed by atoms with Crippen LogP contribution in [0.4, 0.5) is 5.69 Å². The van der Waals surface area contributed by atoms with Crippen molar-refractivity contribution in [3.63, 3.8) is 0 Å². The lowest BCUT2D eigenvalue weighted by Crippen LogP contribution is -2.06. The van der Waals surface area contributed by atoms with E-state index >= 15 is 0 Å². The molecule has 0 fully saturated rings. The number of benzene rings is 3. The van der Waals surface area contributed by atoms with Crippen LogP contribution >= 0.6 is 50.7 Å². The highest BCUT2D eigenvalue weighted by molar-refractivity contribution is 9.10. The third-order valence-electron chi connectivity index (χ3n) is 5.01. The van der Waals surface area contributed by atoms with Crippen LogP contribution in [0, 0.1) is 10.1 Å². The lowest BCUT2D eigenvalue weighted by molar-refractivity contribution is -0.384. The fourth-order valence-corrected chi connectivity index (χ4v) is 4.43. The molecule has 0 N–H and O–H groups in total. The normalized spacial score (nSPS) is 13.9. The van der Waals surface area contributed by atoms with Gasteiger partial charge in [0.15, 0.2) is 17.2 Å². The number of nitrogens with zero attached hydrogens (tertiary/aromatic N) is 2. The minimum Gasteiger partial charge on any atom is -0.490 e. The average Bonchev–Trinajstić information content (AvgIpc) is 3.20. The van der Waals surface area contributed by atoms with Gasteiger partial charge in [-0.15, -0.1) is 0 Å². The molecule has 0 spiro atoms. The zero-order valence-electron chi connectivity index (χ0n) is 19.0. The van der Waals surface area contributed by atoms with Gasteiger partial charge in [0, 0.05) is 12.1 Å². The number of nitro groups is 1. The molecule has 190 valence electrons. The van der Waals surface area contributed by atoms with Gasteiger partial charge in [-0.25, -0.2) is 9.79 Å². The van der Waals surface area contributed by atoms with Gasteiger partial charge >= 0.3 is 5.97 Å². The van der Waals surface area contributed by atoms with Crippen molar-refractivity contribution in [1.82, 2.24) is 0 Å². The fourth-order valence-electron chi connectivity index (χ4n) is 3.33. The van der Waals surface area contributed by atoms with E-state index in [0.717, 1.165) is 5.56 Å². The summed E-state index contributed by atoms with van der Waals surface area (Å²) in [5.41, 5.74) is 1.29. The quantitative estimate of drug-likeness (QED) is 0.110. The Hall–Kier alpha value is -3.11. The smallest absolute Gasteiger partial charge is 0.363 e. The second-order valence-corrected chi connectivity index (χ2v) is 9.63. The van der Waals surface area contributed by atoms with Crippen molar-refractivity contribution >= 4 is 74.4 Å². The highest BCUT2D eigenvalue weighted by Gasteiger charge is 2.27. The molecule has 12 heteroatoms. The zero-order valence-corrected chi connectivity index (χ0v) is 22.8. The number of carbonyl (C=O) groups is 1. The number of hydrogen-bond acceptors (Lipinski definition) is 7. The first-order valence-corrected chi connectivity index (χ1v) is 12.6. The summed E-state index contributed by atoms with van der Waals surface area (Å²) in [5, 5.41) is 12.1. The highest BCUT2D eigenvalue weighted by Crippen LogP contribution is 2.39. The van der Waals surface area contributed by atoms with Gasteiger partial charge in [-0.3, -0.25) is 10.1 Å². The van der Waals surface area contributed by atoms with Crippen molar-refractivity contribution in [3.05, 3.63) is 101 Å². The van der Waals surface area contributed by atoms with Crippen LogP contribution in [0.1, 0.15) is 23.6 Å². The summed E-state index contributed by atoms with van der Waals surface area (Å²) in [5.74, 6) is 0.0277. The number of non-ortho nitro benzene ring substituents is 1. The Morgan fingerprint density at radius 2 is 1.81 bits per heavy atom. The molecule has 3 aromatic carbocycles. The van der Waals surface area contributed by atoms with E-state index in [2.05, 4.69) is 20.9 Å². The van der Waals surface area contributed by atoms with Gasteiger partial charge in [-0.05, 0) is 70.4 Å². The van der Waals surface area contributed by atoms with Crippen molar-refractivity contribution in [2.24, 2.45) is 4.99 Å². The molecular weight excluding hydrogens is 611 g/mol. The molecule has 0 saturated heterocycles. The number of carbonyl (C=O) groups excluding carboxylic acids is 1. The SMILES string of the molecule is CCOc1cc(/C=C2\N=C(c3cc([N+](=O)[O-])ccc3Cl)OC2=O)cc(Br)c1OCc1ccc(Cl)c(Cl)c1. The molecule has 0 radical (unpaired) electrons. The molecule has 0 atom stereocenters. The second kappa shape index (κ2) is 11.5. The highest BCUT2D eigenvalue weighted by atomic mass is 79.9. The number of esters is 1. The number of nitro benzene ring substituents is 1. The van der Waals surface area contributed by atoms with Gasteiger partial charge in [0.25, 0.3) is 5.69 Å². The van der Waals surface area contributed by atoms with Crippen LogP contribution in [0.5, 0.6) is 11.5 Å². The number of hydrogen-bond donors (Lipinski definition) is 0. The van der Waals surface area contributed by atoms with E-state index in [1.807, 2.05) is 6.92 Å². The maximum Gasteiger partial charge on any atom is 0.363 e. The molecule has 0 amide bonds. The summed E-state index contributed by atoms with van der Waals surface area (Å²) < 4.78 is 17.5. The Balaban J connectivity index is 1.63. The first-order chi connectivity index (χ1) is 17.7. The third kappa shape index (κ3) is 6.24. The van der Waals surface area contributed by atoms with Gasteiger partial charge in [0.2, 0.25) is 5.90 Å². The second-order valence-electron chi connectivity index (χ2n) is 7.56. The van der Waals surface area contributed by atoms with Crippen molar-refractivity contribution in [2.75, 3.05) is 6.61 Å². The van der Waals surface area contributed by atoms with Gasteiger partial charge in [0.05, 0.1) is 36.6 Å². The summed E-state index contributed by atoms with van der Waals surface area (Å²) in [6, 6.07) is 12.4. The molecule has 1 aliphatic heterocycles. The molecule has 4 rings (SSSR count). The minimum absolute atomic E-state index is 0.0172. The van der Waals surface area contributed by atoms with E-state index in [-0.39, 0.29) is 34.5 Å². The summed E-state index contributed by atoms with van der Waals surface area (Å²) >= 11 is 21.7. The van der Waals surface area contributed by atoms with Crippen LogP contribution in [0.3, 0.4) is 0 Å². The maximum absolute atomic E-state index is 12.5. The largest absolute Gasteiger partial charge is 0.490 e. The van der Waals surface area contributed by atoms with Crippen molar-refractivity contribution in [1.29, 1.82) is 0 Å². The van der Waals surface area contributed by atoms with Gasteiger partial charge in [-0.2, -0.15) is 0 Å². The van der Waals surface area contributed by atoms with Gasteiger partial charge in [0.1, 0.15) is 6.61 Å². The molecule has 1 aliphatic rings. The molecule has 0 bridgehead atoms. The molecular formula is C25H16BrCl3N2O6. The van der Waals surface area contributed by atoms with Crippen LogP contribution in [0.2, 0.25) is 15.1 Å². The molecule has 0 aliphatic carbocycles. The van der Waals surface area contributed by atoms with Crippen LogP contribution in [0.15, 0.2) is 63.7 Å². The predicted molar refractivity (Wildman–Crippen MR) is 145 cm³/mol. The van der Waals surface area contributed by atoms with Crippen LogP contribution < -0.4 is 9.47 Å². The van der Waals surface area contributed by atoms with E-state index in [1.165, 1.54) is 24.3 Å². The molecule has 0 unspecified atom stereocenters. The molecule has 1 heterocycles. The monoisotopic (exact) mass is 624 g/mol. The van der Waals surface area contributed by atoms with Gasteiger partial charge < -0.3 is 14.2 Å². The van der Waals surface area contributed by atoms with Crippen molar-refractivity contribution < 1.29 is 23.9 Å². The standard InChI is InChI=1S/C25H16BrCl3N2O6/c1-2-35-22-10-14(7-17(26)23(22)36-12-13-3-5-19(28)20(29)8-13)9-21-25(32)37-24(30-21)16-11-15(31(33)34)4-6-18(16)27/h3-11H,2,12H2,1H3/b21-9-. The number of halogens is 4. The van der Waals surface area contributed by atoms with Crippen molar-refractivity contribution in [2.45, 2.75) is 13.5 Å². The van der Waals surface area contributed by atoms with E-state index in [4.69, 9.17) is 49.0 Å². The summed E-state index contributed by atoms with van der Waals surface area (Å²) in [7, 11) is 0. The Bertz CT molecular complexity index is 1480. The molecule has 0 saturated carbocycles. The third-order valence-corrected chi connectivity index (χ3v) is 6.67. The minimum atomic E-state index is -0.730. The topological polar surface area (TPSA) is 100 Å². The average molecular weight is 627 g/mol. The molecule has 37 heavy (non-hydrogen) atoms. The van der Waals surface area contributed by atoms with Crippen LogP contribution in [-0.2, 0) is 16.1 Å². The van der Waals surface area contributed by atoms with Crippen LogP contribution in [-0.4, -0.2) is 23.4 Å². The Morgan fingerprint density at radius 1 is 1.05 bits per heavy atom. The molecule has 8 nitrogen and oxygen atoms in total. The predicted octanol–water partition coefficient (Wildman–Crippen LogP) is 7.64. The molecule has 3 aromatic rings. The lowest BCUT2D eigenvalue weighted by Gasteiger charge is -2.15. The van der Waals surface area contributed by atoms with Crippen LogP contribution in [0.25, 0.3) is 6.08 Å². The first kappa shape index (κ1) is 26.9. The van der Waals surface area contributed by atoms with E-state index in [1.54, 1.807) is 30.3 Å². The Morgan fingerprint density at radius 3 is 2.51 bits per heavy atom. The summed E-state index contributed by atoms with van der Waals surface area (Å²) in [6.45, 7) is 2.40. The number of cyclic esters (lactones) is 1. The zero-order chi connectivity index (χ0) is 26.7.